The van der Waals surface area contributed by atoms with Crippen molar-refractivity contribution in [3.05, 3.63) is 71.4 Å². The number of benzene rings is 2. The third-order valence-electron chi connectivity index (χ3n) is 4.04. The maximum atomic E-state index is 12.4. The number of hydrogen-bond acceptors (Lipinski definition) is 4. The first kappa shape index (κ1) is 19.3. The van der Waals surface area contributed by atoms with Crippen LogP contribution in [0.1, 0.15) is 21.6 Å². The van der Waals surface area contributed by atoms with Gasteiger partial charge in [0.2, 0.25) is 5.78 Å². The summed E-state index contributed by atoms with van der Waals surface area (Å²) in [4.78, 5) is 27.4. The van der Waals surface area contributed by atoms with Crippen LogP contribution in [0.4, 0.5) is 8.78 Å². The summed E-state index contributed by atoms with van der Waals surface area (Å²) in [5, 5.41) is 0.780. The normalized spacial score (nSPS) is 11.3. The van der Waals surface area contributed by atoms with E-state index < -0.39 is 12.6 Å². The predicted molar refractivity (Wildman–Crippen MR) is 100 cm³/mol. The summed E-state index contributed by atoms with van der Waals surface area (Å²) in [7, 11) is 0. The smallest absolute Gasteiger partial charge is 0.387 e. The topological polar surface area (TPSA) is 68.4 Å². The Bertz CT molecular complexity index is 1020. The molecular formula is C21H17F2NO4. The van der Waals surface area contributed by atoms with Crippen molar-refractivity contribution in [3.63, 3.8) is 0 Å². The van der Waals surface area contributed by atoms with Crippen molar-refractivity contribution in [2.75, 3.05) is 6.61 Å². The maximum absolute atomic E-state index is 12.4. The molecule has 3 rings (SSSR count). The van der Waals surface area contributed by atoms with Crippen molar-refractivity contribution >= 4 is 28.7 Å². The number of fused-ring (bicyclic) bond motifs is 1. The minimum absolute atomic E-state index is 0.0226. The first-order valence-corrected chi connectivity index (χ1v) is 8.44. The fourth-order valence-corrected chi connectivity index (χ4v) is 2.82. The van der Waals surface area contributed by atoms with Crippen molar-refractivity contribution in [2.45, 2.75) is 13.5 Å². The highest BCUT2D eigenvalue weighted by atomic mass is 19.3. The Morgan fingerprint density at radius 1 is 1.11 bits per heavy atom. The number of aryl methyl sites for hydroxylation is 1. The molecule has 0 fully saturated rings. The third-order valence-corrected chi connectivity index (χ3v) is 4.04. The summed E-state index contributed by atoms with van der Waals surface area (Å²) in [6, 6.07) is 13.1. The molecule has 3 aromatic rings. The Labute approximate surface area is 159 Å². The zero-order chi connectivity index (χ0) is 20.1. The lowest BCUT2D eigenvalue weighted by Crippen LogP contribution is -2.13. The lowest BCUT2D eigenvalue weighted by Gasteiger charge is -2.04. The van der Waals surface area contributed by atoms with Crippen molar-refractivity contribution in [1.82, 2.24) is 4.98 Å². The number of ketones is 1. The number of ether oxygens (including phenoxy) is 2. The van der Waals surface area contributed by atoms with E-state index in [4.69, 9.17) is 4.74 Å². The Balaban J connectivity index is 1.58. The summed E-state index contributed by atoms with van der Waals surface area (Å²) in [5.74, 6) is -0.960. The van der Waals surface area contributed by atoms with Crippen LogP contribution in [0, 0.1) is 6.92 Å². The van der Waals surface area contributed by atoms with Gasteiger partial charge in [0.25, 0.3) is 0 Å². The molecule has 7 heteroatoms. The van der Waals surface area contributed by atoms with Gasteiger partial charge in [-0.15, -0.1) is 0 Å². The molecule has 0 amide bonds. The molecule has 0 unspecified atom stereocenters. The average molecular weight is 385 g/mol. The number of H-pyrrole nitrogens is 1. The Morgan fingerprint density at radius 3 is 2.54 bits per heavy atom. The molecule has 1 heterocycles. The molecule has 5 nitrogen and oxygen atoms in total. The molecule has 28 heavy (non-hydrogen) atoms. The summed E-state index contributed by atoms with van der Waals surface area (Å²) < 4.78 is 33.5. The fourth-order valence-electron chi connectivity index (χ4n) is 2.82. The Morgan fingerprint density at radius 2 is 1.82 bits per heavy atom. The van der Waals surface area contributed by atoms with E-state index >= 15 is 0 Å². The summed E-state index contributed by atoms with van der Waals surface area (Å²) in [6.45, 7) is -1.49. The number of halogens is 2. The van der Waals surface area contributed by atoms with Crippen molar-refractivity contribution in [3.8, 4) is 5.75 Å². The number of aromatic nitrogens is 1. The highest BCUT2D eigenvalue weighted by molar-refractivity contribution is 6.10. The number of hydrogen-bond donors (Lipinski definition) is 1. The van der Waals surface area contributed by atoms with Gasteiger partial charge in [0.1, 0.15) is 5.75 Å². The molecule has 0 aliphatic rings. The van der Waals surface area contributed by atoms with E-state index in [-0.39, 0.29) is 18.1 Å². The maximum Gasteiger partial charge on any atom is 0.387 e. The molecule has 1 N–H and O–H groups in total. The number of alkyl halides is 2. The first-order chi connectivity index (χ1) is 13.4. The van der Waals surface area contributed by atoms with Crippen LogP contribution in [0.25, 0.3) is 17.0 Å². The number of carbonyl (C=O) groups excluding carboxylic acids is 2. The zero-order valence-corrected chi connectivity index (χ0v) is 14.9. The van der Waals surface area contributed by atoms with Crippen LogP contribution in [0.2, 0.25) is 0 Å². The van der Waals surface area contributed by atoms with E-state index in [1.807, 2.05) is 24.3 Å². The van der Waals surface area contributed by atoms with E-state index in [1.165, 1.54) is 36.4 Å². The second-order valence-electron chi connectivity index (χ2n) is 5.98. The number of nitrogens with one attached hydrogen (secondary N) is 1. The van der Waals surface area contributed by atoms with Gasteiger partial charge in [-0.05, 0) is 36.8 Å². The Hall–Kier alpha value is -3.48. The molecule has 0 aliphatic heterocycles. The van der Waals surface area contributed by atoms with Gasteiger partial charge in [0.15, 0.2) is 6.61 Å². The standard InChI is InChI=1S/C21H17F2NO4/c1-13-20(16-4-2-3-5-17(16)24-13)18(25)12-27-19(26)11-8-14-6-9-15(10-7-14)28-21(22)23/h2-11,21,24H,12H2,1H3/b11-8+. The highest BCUT2D eigenvalue weighted by Crippen LogP contribution is 2.22. The van der Waals surface area contributed by atoms with Crippen molar-refractivity contribution in [2.24, 2.45) is 0 Å². The summed E-state index contributed by atoms with van der Waals surface area (Å²) in [5.41, 5.74) is 2.65. The molecule has 0 bridgehead atoms. The van der Waals surface area contributed by atoms with Crippen LogP contribution in [0.3, 0.4) is 0 Å². The van der Waals surface area contributed by atoms with Crippen LogP contribution >= 0.6 is 0 Å². The first-order valence-electron chi connectivity index (χ1n) is 8.44. The van der Waals surface area contributed by atoms with Gasteiger partial charge in [0, 0.05) is 28.2 Å². The monoisotopic (exact) mass is 385 g/mol. The molecule has 0 aliphatic carbocycles. The van der Waals surface area contributed by atoms with Gasteiger partial charge < -0.3 is 14.5 Å². The molecule has 0 radical (unpaired) electrons. The Kier molecular flexibility index (Phi) is 5.84. The lowest BCUT2D eigenvalue weighted by molar-refractivity contribution is -0.136. The van der Waals surface area contributed by atoms with Crippen LogP contribution in [0.15, 0.2) is 54.6 Å². The van der Waals surface area contributed by atoms with Crippen molar-refractivity contribution in [1.29, 1.82) is 0 Å². The largest absolute Gasteiger partial charge is 0.454 e. The molecule has 0 saturated heterocycles. The number of Topliss-reactive ketones (excluding diaryl/α,β-unsaturated/α-hetero) is 1. The second kappa shape index (κ2) is 8.47. The number of rotatable bonds is 7. The van der Waals surface area contributed by atoms with Gasteiger partial charge in [-0.25, -0.2) is 4.79 Å². The minimum Gasteiger partial charge on any atom is -0.454 e. The van der Waals surface area contributed by atoms with Crippen LogP contribution in [-0.4, -0.2) is 30.0 Å². The van der Waals surface area contributed by atoms with Crippen LogP contribution in [0.5, 0.6) is 5.75 Å². The number of para-hydroxylation sites is 1. The van der Waals surface area contributed by atoms with Crippen LogP contribution in [-0.2, 0) is 9.53 Å². The molecule has 2 aromatic carbocycles. The van der Waals surface area contributed by atoms with Gasteiger partial charge in [-0.2, -0.15) is 8.78 Å². The average Bonchev–Trinajstić information content (AvgIpc) is 3.01. The third kappa shape index (κ3) is 4.62. The van der Waals surface area contributed by atoms with Gasteiger partial charge in [-0.3, -0.25) is 4.79 Å². The quantitative estimate of drug-likeness (QED) is 0.369. The second-order valence-corrected chi connectivity index (χ2v) is 5.98. The molecular weight excluding hydrogens is 368 g/mol. The van der Waals surface area contributed by atoms with Crippen molar-refractivity contribution < 1.29 is 27.8 Å². The van der Waals surface area contributed by atoms with E-state index in [0.29, 0.717) is 16.8 Å². The predicted octanol–water partition coefficient (Wildman–Crippen LogP) is 4.52. The molecule has 0 saturated carbocycles. The lowest BCUT2D eigenvalue weighted by atomic mass is 10.1. The number of aromatic amines is 1. The molecule has 1 aromatic heterocycles. The summed E-state index contributed by atoms with van der Waals surface area (Å²) >= 11 is 0. The number of carbonyl (C=O) groups is 2. The minimum atomic E-state index is -2.89. The van der Waals surface area contributed by atoms with E-state index in [0.717, 1.165) is 10.9 Å². The SMILES string of the molecule is Cc1[nH]c2ccccc2c1C(=O)COC(=O)/C=C/c1ccc(OC(F)F)cc1. The van der Waals surface area contributed by atoms with Crippen LogP contribution < -0.4 is 4.74 Å². The van der Waals surface area contributed by atoms with Gasteiger partial charge in [-0.1, -0.05) is 30.3 Å². The van der Waals surface area contributed by atoms with E-state index in [9.17, 15) is 18.4 Å². The zero-order valence-electron chi connectivity index (χ0n) is 14.9. The number of esters is 1. The van der Waals surface area contributed by atoms with Gasteiger partial charge in [0.05, 0.1) is 0 Å². The van der Waals surface area contributed by atoms with E-state index in [2.05, 4.69) is 9.72 Å². The van der Waals surface area contributed by atoms with E-state index in [1.54, 1.807) is 6.92 Å². The fraction of sp³-hybridized carbons (Fsp3) is 0.143. The highest BCUT2D eigenvalue weighted by Gasteiger charge is 2.16. The van der Waals surface area contributed by atoms with Gasteiger partial charge >= 0.3 is 12.6 Å². The molecule has 0 spiro atoms. The summed E-state index contributed by atoms with van der Waals surface area (Å²) in [6.07, 6.45) is 2.62. The molecule has 144 valence electrons. The molecule has 0 atom stereocenters.